The number of benzene rings is 1. The van der Waals surface area contributed by atoms with Gasteiger partial charge in [-0.1, -0.05) is 15.9 Å². The molecule has 1 aliphatic heterocycles. The highest BCUT2D eigenvalue weighted by atomic mass is 79.9. The summed E-state index contributed by atoms with van der Waals surface area (Å²) in [5, 5.41) is 0. The first-order valence-corrected chi connectivity index (χ1v) is 9.08. The van der Waals surface area contributed by atoms with Crippen molar-refractivity contribution in [2.45, 2.75) is 23.8 Å². The molecule has 1 heterocycles. The van der Waals surface area contributed by atoms with E-state index < -0.39 is 10.0 Å². The second-order valence-electron chi connectivity index (χ2n) is 4.71. The summed E-state index contributed by atoms with van der Waals surface area (Å²) in [4.78, 5) is 13.1. The number of likely N-dealkylation sites (N-methyl/N-ethyl adjacent to an activating group) is 1. The van der Waals surface area contributed by atoms with Gasteiger partial charge in [0.25, 0.3) is 0 Å². The normalized spacial score (nSPS) is 20.2. The maximum absolute atomic E-state index is 12.4. The summed E-state index contributed by atoms with van der Waals surface area (Å²) in [6.45, 7) is 0.395. The van der Waals surface area contributed by atoms with Crippen LogP contribution in [0, 0.1) is 0 Å². The molecule has 0 radical (unpaired) electrons. The first kappa shape index (κ1) is 15.9. The number of carbonyl (C=O) groups excluding carboxylic acids is 1. The molecule has 5 nitrogen and oxygen atoms in total. The Kier molecular flexibility index (Phi) is 4.88. The van der Waals surface area contributed by atoms with Gasteiger partial charge in [0.05, 0.1) is 4.90 Å². The minimum Gasteiger partial charge on any atom is -0.344 e. The van der Waals surface area contributed by atoms with E-state index in [2.05, 4.69) is 36.6 Å². The van der Waals surface area contributed by atoms with Crippen LogP contribution in [0.4, 0.5) is 0 Å². The number of hydrogen-bond donors (Lipinski definition) is 1. The van der Waals surface area contributed by atoms with E-state index in [9.17, 15) is 13.2 Å². The second-order valence-corrected chi connectivity index (χ2v) is 8.16. The lowest BCUT2D eigenvalue weighted by Crippen LogP contribution is -2.48. The summed E-state index contributed by atoms with van der Waals surface area (Å²) >= 11 is 6.54. The molecule has 1 aliphatic rings. The molecule has 1 aromatic rings. The van der Waals surface area contributed by atoms with E-state index in [1.807, 2.05) is 0 Å². The Morgan fingerprint density at radius 1 is 1.35 bits per heavy atom. The van der Waals surface area contributed by atoms with Crippen molar-refractivity contribution in [1.29, 1.82) is 0 Å². The molecule has 8 heteroatoms. The SMILES string of the molecule is CN1CC(NS(=O)(=O)c2ccc(Br)cc2Br)CCC1=O. The molecule has 1 amide bonds. The topological polar surface area (TPSA) is 66.5 Å². The van der Waals surface area contributed by atoms with Crippen LogP contribution in [0.1, 0.15) is 12.8 Å². The lowest BCUT2D eigenvalue weighted by atomic mass is 10.1. The Morgan fingerprint density at radius 2 is 2.05 bits per heavy atom. The standard InChI is InChI=1S/C12H14Br2N2O3S/c1-16-7-9(3-5-12(16)17)15-20(18,19)11-4-2-8(13)6-10(11)14/h2,4,6,9,15H,3,5,7H2,1H3. The lowest BCUT2D eigenvalue weighted by Gasteiger charge is -2.30. The van der Waals surface area contributed by atoms with E-state index in [-0.39, 0.29) is 16.8 Å². The van der Waals surface area contributed by atoms with Crippen LogP contribution in [0.25, 0.3) is 0 Å². The van der Waals surface area contributed by atoms with Crippen LogP contribution < -0.4 is 4.72 Å². The van der Waals surface area contributed by atoms with Gasteiger partial charge in [0.1, 0.15) is 0 Å². The van der Waals surface area contributed by atoms with Gasteiger partial charge in [-0.05, 0) is 40.5 Å². The summed E-state index contributed by atoms with van der Waals surface area (Å²) in [6, 6.07) is 4.65. The van der Waals surface area contributed by atoms with Crippen molar-refractivity contribution < 1.29 is 13.2 Å². The molecule has 20 heavy (non-hydrogen) atoms. The average Bonchev–Trinajstić information content (AvgIpc) is 2.33. The summed E-state index contributed by atoms with van der Waals surface area (Å²) in [5.41, 5.74) is 0. The summed E-state index contributed by atoms with van der Waals surface area (Å²) < 4.78 is 28.7. The van der Waals surface area contributed by atoms with Gasteiger partial charge in [0, 0.05) is 35.0 Å². The summed E-state index contributed by atoms with van der Waals surface area (Å²) in [6.07, 6.45) is 0.891. The minimum absolute atomic E-state index is 0.0465. The number of carbonyl (C=O) groups is 1. The maximum atomic E-state index is 12.4. The van der Waals surface area contributed by atoms with Crippen LogP contribution >= 0.6 is 31.9 Å². The van der Waals surface area contributed by atoms with Crippen LogP contribution in [0.15, 0.2) is 32.0 Å². The van der Waals surface area contributed by atoms with E-state index >= 15 is 0 Å². The van der Waals surface area contributed by atoms with E-state index in [1.165, 1.54) is 6.07 Å². The van der Waals surface area contributed by atoms with Gasteiger partial charge in [-0.15, -0.1) is 0 Å². The molecular formula is C12H14Br2N2O3S. The Bertz CT molecular complexity index is 634. The molecule has 0 aromatic heterocycles. The Labute approximate surface area is 135 Å². The number of sulfonamides is 1. The van der Waals surface area contributed by atoms with Crippen molar-refractivity contribution in [2.75, 3.05) is 13.6 Å². The van der Waals surface area contributed by atoms with Crippen molar-refractivity contribution in [2.24, 2.45) is 0 Å². The van der Waals surface area contributed by atoms with Gasteiger partial charge in [0.2, 0.25) is 15.9 Å². The zero-order valence-electron chi connectivity index (χ0n) is 10.8. The highest BCUT2D eigenvalue weighted by Crippen LogP contribution is 2.26. The van der Waals surface area contributed by atoms with E-state index in [0.717, 1.165) is 4.47 Å². The van der Waals surface area contributed by atoms with Crippen molar-refractivity contribution in [3.8, 4) is 0 Å². The van der Waals surface area contributed by atoms with Gasteiger partial charge in [-0.3, -0.25) is 4.79 Å². The fourth-order valence-corrected chi connectivity index (χ4v) is 5.09. The number of nitrogens with one attached hydrogen (secondary N) is 1. The fourth-order valence-electron chi connectivity index (χ4n) is 2.08. The fraction of sp³-hybridized carbons (Fsp3) is 0.417. The minimum atomic E-state index is -3.60. The molecule has 0 bridgehead atoms. The highest BCUT2D eigenvalue weighted by molar-refractivity contribution is 9.11. The zero-order chi connectivity index (χ0) is 14.9. The molecule has 0 saturated carbocycles. The Hall–Kier alpha value is -0.440. The van der Waals surface area contributed by atoms with Crippen LogP contribution in [0.5, 0.6) is 0 Å². The lowest BCUT2D eigenvalue weighted by molar-refractivity contribution is -0.132. The number of amides is 1. The molecule has 1 atom stereocenters. The molecule has 1 aromatic carbocycles. The largest absolute Gasteiger partial charge is 0.344 e. The smallest absolute Gasteiger partial charge is 0.242 e. The molecule has 110 valence electrons. The van der Waals surface area contributed by atoms with Gasteiger partial charge in [0.15, 0.2) is 0 Å². The number of nitrogens with zero attached hydrogens (tertiary/aromatic N) is 1. The molecule has 1 N–H and O–H groups in total. The molecular weight excluding hydrogens is 412 g/mol. The Morgan fingerprint density at radius 3 is 2.65 bits per heavy atom. The van der Waals surface area contributed by atoms with E-state index in [1.54, 1.807) is 24.1 Å². The van der Waals surface area contributed by atoms with Crippen molar-refractivity contribution in [3.63, 3.8) is 0 Å². The first-order chi connectivity index (χ1) is 9.29. The van der Waals surface area contributed by atoms with Crippen molar-refractivity contribution >= 4 is 47.8 Å². The number of rotatable bonds is 3. The van der Waals surface area contributed by atoms with Crippen molar-refractivity contribution in [1.82, 2.24) is 9.62 Å². The third-order valence-corrected chi connectivity index (χ3v) is 6.12. The highest BCUT2D eigenvalue weighted by Gasteiger charge is 2.28. The van der Waals surface area contributed by atoms with Crippen molar-refractivity contribution in [3.05, 3.63) is 27.1 Å². The second kappa shape index (κ2) is 6.13. The molecule has 1 fully saturated rings. The predicted octanol–water partition coefficient (Wildman–Crippen LogP) is 2.11. The summed E-state index contributed by atoms with van der Waals surface area (Å²) in [5.74, 6) is 0.0465. The third kappa shape index (κ3) is 3.60. The first-order valence-electron chi connectivity index (χ1n) is 6.01. The van der Waals surface area contributed by atoms with Gasteiger partial charge in [-0.25, -0.2) is 13.1 Å². The maximum Gasteiger partial charge on any atom is 0.242 e. The number of piperidine rings is 1. The quantitative estimate of drug-likeness (QED) is 0.806. The van der Waals surface area contributed by atoms with Gasteiger partial charge in [-0.2, -0.15) is 0 Å². The molecule has 0 aliphatic carbocycles. The predicted molar refractivity (Wildman–Crippen MR) is 82.8 cm³/mol. The molecule has 1 saturated heterocycles. The van der Waals surface area contributed by atoms with Gasteiger partial charge >= 0.3 is 0 Å². The number of hydrogen-bond acceptors (Lipinski definition) is 3. The van der Waals surface area contributed by atoms with Crippen LogP contribution in [0.2, 0.25) is 0 Å². The number of likely N-dealkylation sites (tertiary alicyclic amines) is 1. The summed E-state index contributed by atoms with van der Waals surface area (Å²) in [7, 11) is -1.93. The van der Waals surface area contributed by atoms with Crippen LogP contribution in [-0.2, 0) is 14.8 Å². The molecule has 1 unspecified atom stereocenters. The monoisotopic (exact) mass is 424 g/mol. The third-order valence-electron chi connectivity index (χ3n) is 3.13. The van der Waals surface area contributed by atoms with E-state index in [0.29, 0.717) is 23.9 Å². The van der Waals surface area contributed by atoms with Crippen LogP contribution in [-0.4, -0.2) is 38.9 Å². The molecule has 2 rings (SSSR count). The van der Waals surface area contributed by atoms with Gasteiger partial charge < -0.3 is 4.90 Å². The molecule has 0 spiro atoms. The zero-order valence-corrected chi connectivity index (χ0v) is 14.8. The van der Waals surface area contributed by atoms with Crippen LogP contribution in [0.3, 0.4) is 0 Å². The Balaban J connectivity index is 2.17. The number of halogens is 2. The van der Waals surface area contributed by atoms with E-state index in [4.69, 9.17) is 0 Å². The average molecular weight is 426 g/mol.